The normalized spacial score (nSPS) is 9.86. The van der Waals surface area contributed by atoms with Gasteiger partial charge in [0.15, 0.2) is 5.11 Å². The van der Waals surface area contributed by atoms with Crippen LogP contribution in [0.1, 0.15) is 0 Å². The van der Waals surface area contributed by atoms with Crippen molar-refractivity contribution in [3.05, 3.63) is 52.9 Å². The smallest absolute Gasteiger partial charge is 0.410 e. The highest BCUT2D eigenvalue weighted by atomic mass is 32.1. The topological polar surface area (TPSA) is 72.4 Å². The van der Waals surface area contributed by atoms with E-state index in [4.69, 9.17) is 24.8 Å². The number of anilines is 1. The van der Waals surface area contributed by atoms with E-state index in [0.717, 1.165) is 0 Å². The van der Waals surface area contributed by atoms with Crippen LogP contribution in [0, 0.1) is 0 Å². The average molecular weight is 313 g/mol. The summed E-state index contributed by atoms with van der Waals surface area (Å²) in [5.74, 6) is 0.377. The number of para-hydroxylation sites is 1. The lowest BCUT2D eigenvalue weighted by Crippen LogP contribution is -2.38. The Kier molecular flexibility index (Phi) is 4.95. The molecule has 0 saturated heterocycles. The van der Waals surface area contributed by atoms with E-state index in [0.29, 0.717) is 11.2 Å². The van der Waals surface area contributed by atoms with Gasteiger partial charge in [0.1, 0.15) is 19.3 Å². The van der Waals surface area contributed by atoms with Gasteiger partial charge in [0, 0.05) is 7.05 Å². The molecule has 0 unspecified atom stereocenters. The van der Waals surface area contributed by atoms with Crippen LogP contribution in [0.2, 0.25) is 0 Å². The Bertz CT molecular complexity index is 762. The minimum Gasteiger partial charge on any atom is -0.410 e. The maximum absolute atomic E-state index is 11.9. The highest BCUT2D eigenvalue weighted by Crippen LogP contribution is 2.08. The first kappa shape index (κ1) is 15.8. The number of aromatic nitrogens is 1. The number of hydrogen-bond donors (Lipinski definition) is 2. The molecule has 0 saturated carbocycles. The van der Waals surface area contributed by atoms with Gasteiger partial charge in [0.25, 0.3) is 5.56 Å². The SMILES string of the molecule is [B]c1cc(NC(=S)NC(=O)Oc2ccccc2)c(=O)n(C)c1. The van der Waals surface area contributed by atoms with Crippen LogP contribution in [0.25, 0.3) is 0 Å². The summed E-state index contributed by atoms with van der Waals surface area (Å²) in [5.41, 5.74) is 0.224. The monoisotopic (exact) mass is 313 g/mol. The molecule has 110 valence electrons. The van der Waals surface area contributed by atoms with Crippen molar-refractivity contribution in [2.75, 3.05) is 5.32 Å². The summed E-state index contributed by atoms with van der Waals surface area (Å²) in [6, 6.07) is 9.95. The number of thiocarbonyl (C=S) groups is 1. The molecule has 0 fully saturated rings. The molecule has 0 atom stereocenters. The second-order valence-electron chi connectivity index (χ2n) is 4.38. The number of nitrogens with zero attached hydrogens (tertiary/aromatic N) is 1. The van der Waals surface area contributed by atoms with Crippen LogP contribution in [0.15, 0.2) is 47.4 Å². The predicted octanol–water partition coefficient (Wildman–Crippen LogP) is 0.664. The number of aryl methyl sites for hydroxylation is 1. The van der Waals surface area contributed by atoms with E-state index in [1.165, 1.54) is 16.8 Å². The fourth-order valence-corrected chi connectivity index (χ4v) is 1.89. The number of benzene rings is 1. The molecule has 22 heavy (non-hydrogen) atoms. The van der Waals surface area contributed by atoms with Crippen LogP contribution in [0.3, 0.4) is 0 Å². The maximum atomic E-state index is 11.9. The van der Waals surface area contributed by atoms with Gasteiger partial charge < -0.3 is 14.6 Å². The van der Waals surface area contributed by atoms with E-state index in [1.54, 1.807) is 37.4 Å². The van der Waals surface area contributed by atoms with E-state index >= 15 is 0 Å². The van der Waals surface area contributed by atoms with Crippen molar-refractivity contribution in [1.29, 1.82) is 0 Å². The number of ether oxygens (including phenoxy) is 1. The minimum absolute atomic E-state index is 0.0661. The van der Waals surface area contributed by atoms with Gasteiger partial charge in [-0.3, -0.25) is 10.1 Å². The second-order valence-corrected chi connectivity index (χ2v) is 4.79. The van der Waals surface area contributed by atoms with Gasteiger partial charge in [-0.1, -0.05) is 23.7 Å². The quantitative estimate of drug-likeness (QED) is 0.630. The lowest BCUT2D eigenvalue weighted by molar-refractivity contribution is 0.206. The van der Waals surface area contributed by atoms with Crippen LogP contribution in [-0.2, 0) is 7.05 Å². The molecule has 2 rings (SSSR count). The minimum atomic E-state index is -0.760. The summed E-state index contributed by atoms with van der Waals surface area (Å²) in [7, 11) is 7.21. The molecule has 8 heteroatoms. The Morgan fingerprint density at radius 2 is 2.00 bits per heavy atom. The summed E-state index contributed by atoms with van der Waals surface area (Å²) in [6.45, 7) is 0. The van der Waals surface area contributed by atoms with Crippen LogP contribution >= 0.6 is 12.2 Å². The Morgan fingerprint density at radius 1 is 1.32 bits per heavy atom. The van der Waals surface area contributed by atoms with E-state index in [1.807, 2.05) is 0 Å². The number of rotatable bonds is 2. The van der Waals surface area contributed by atoms with Gasteiger partial charge in [-0.05, 0) is 36.6 Å². The molecule has 6 nitrogen and oxygen atoms in total. The van der Waals surface area contributed by atoms with Crippen molar-refractivity contribution in [3.63, 3.8) is 0 Å². The zero-order valence-corrected chi connectivity index (χ0v) is 12.5. The largest absolute Gasteiger partial charge is 0.418 e. The van der Waals surface area contributed by atoms with Gasteiger partial charge in [0.2, 0.25) is 0 Å². The second kappa shape index (κ2) is 6.90. The molecule has 2 N–H and O–H groups in total. The van der Waals surface area contributed by atoms with E-state index in [-0.39, 0.29) is 16.4 Å². The highest BCUT2D eigenvalue weighted by molar-refractivity contribution is 7.80. The molecule has 0 aliphatic carbocycles. The van der Waals surface area contributed by atoms with Crippen LogP contribution in [0.4, 0.5) is 10.5 Å². The van der Waals surface area contributed by atoms with Crippen molar-refractivity contribution < 1.29 is 9.53 Å². The fourth-order valence-electron chi connectivity index (χ4n) is 1.69. The number of carbonyl (C=O) groups excluding carboxylic acids is 1. The first-order valence-corrected chi connectivity index (χ1v) is 6.67. The number of hydrogen-bond acceptors (Lipinski definition) is 4. The summed E-state index contributed by atoms with van der Waals surface area (Å²) < 4.78 is 6.32. The lowest BCUT2D eigenvalue weighted by Gasteiger charge is -2.11. The van der Waals surface area contributed by atoms with Crippen molar-refractivity contribution in [2.45, 2.75) is 0 Å². The summed E-state index contributed by atoms with van der Waals surface area (Å²) in [6.07, 6.45) is 0.720. The molecule has 1 amide bonds. The Labute approximate surface area is 133 Å². The van der Waals surface area contributed by atoms with E-state index in [9.17, 15) is 9.59 Å². The lowest BCUT2D eigenvalue weighted by atomic mass is 9.98. The molecular weight excluding hydrogens is 301 g/mol. The third-order valence-electron chi connectivity index (χ3n) is 2.62. The van der Waals surface area contributed by atoms with Crippen LogP contribution in [0.5, 0.6) is 5.75 Å². The molecule has 1 heterocycles. The molecular formula is C14H12BN3O3S. The van der Waals surface area contributed by atoms with Crippen LogP contribution < -0.4 is 26.4 Å². The van der Waals surface area contributed by atoms with Crippen molar-refractivity contribution in [1.82, 2.24) is 9.88 Å². The maximum Gasteiger partial charge on any atom is 0.418 e. The summed E-state index contributed by atoms with van der Waals surface area (Å²) in [4.78, 5) is 23.5. The first-order valence-electron chi connectivity index (χ1n) is 6.27. The van der Waals surface area contributed by atoms with Gasteiger partial charge in [0.05, 0.1) is 0 Å². The number of nitrogens with one attached hydrogen (secondary N) is 2. The van der Waals surface area contributed by atoms with Crippen LogP contribution in [-0.4, -0.2) is 23.6 Å². The summed E-state index contributed by atoms with van der Waals surface area (Å²) in [5, 5.41) is 4.86. The standard InChI is InChI=1S/C14H12BN3O3S/c1-18-8-9(15)7-11(12(18)19)16-13(22)17-14(20)21-10-5-3-2-4-6-10/h2-8H,1H3,(H2,16,17,20,22). The van der Waals surface area contributed by atoms with Gasteiger partial charge >= 0.3 is 6.09 Å². The van der Waals surface area contributed by atoms with E-state index in [2.05, 4.69) is 10.6 Å². The highest BCUT2D eigenvalue weighted by Gasteiger charge is 2.09. The molecule has 0 bridgehead atoms. The van der Waals surface area contributed by atoms with Gasteiger partial charge in [-0.2, -0.15) is 0 Å². The molecule has 1 aromatic heterocycles. The predicted molar refractivity (Wildman–Crippen MR) is 88.9 cm³/mol. The zero-order valence-electron chi connectivity index (χ0n) is 11.7. The molecule has 0 aliphatic rings. The van der Waals surface area contributed by atoms with Crippen molar-refractivity contribution in [2.24, 2.45) is 7.05 Å². The first-order chi connectivity index (χ1) is 10.5. The Hall–Kier alpha value is -2.61. The molecule has 0 spiro atoms. The summed E-state index contributed by atoms with van der Waals surface area (Å²) >= 11 is 4.96. The molecule has 2 aromatic rings. The van der Waals surface area contributed by atoms with Gasteiger partial charge in [-0.25, -0.2) is 4.79 Å². The fraction of sp³-hybridized carbons (Fsp3) is 0.0714. The number of amides is 1. The number of carbonyl (C=O) groups is 1. The third kappa shape index (κ3) is 4.19. The average Bonchev–Trinajstić information content (AvgIpc) is 2.45. The number of pyridine rings is 1. The molecule has 2 radical (unpaired) electrons. The van der Waals surface area contributed by atoms with Crippen molar-refractivity contribution in [3.8, 4) is 5.75 Å². The van der Waals surface area contributed by atoms with Crippen molar-refractivity contribution >= 4 is 42.4 Å². The molecule has 1 aromatic carbocycles. The van der Waals surface area contributed by atoms with E-state index < -0.39 is 6.09 Å². The Balaban J connectivity index is 1.99. The van der Waals surface area contributed by atoms with Gasteiger partial charge in [-0.15, -0.1) is 0 Å². The molecule has 0 aliphatic heterocycles. The third-order valence-corrected chi connectivity index (χ3v) is 2.83. The zero-order chi connectivity index (χ0) is 16.1. The Morgan fingerprint density at radius 3 is 2.68 bits per heavy atom.